The Morgan fingerprint density at radius 1 is 0.867 bits per heavy atom. The molecule has 0 aliphatic carbocycles. The van der Waals surface area contributed by atoms with Gasteiger partial charge in [0.15, 0.2) is 0 Å². The van der Waals surface area contributed by atoms with Crippen LogP contribution in [0.3, 0.4) is 0 Å². The first-order valence-electron chi connectivity index (χ1n) is 3.77. The molecule has 0 bridgehead atoms. The smallest absolute Gasteiger partial charge is 0.333 e. The molecule has 0 fully saturated rings. The van der Waals surface area contributed by atoms with E-state index in [9.17, 15) is 14.4 Å². The van der Waals surface area contributed by atoms with Crippen molar-refractivity contribution in [3.05, 3.63) is 0 Å². The Kier molecular flexibility index (Phi) is 4.19. The minimum Gasteiger partial charge on any atom is -0.480 e. The van der Waals surface area contributed by atoms with Crippen LogP contribution >= 0.6 is 0 Å². The minimum atomic E-state index is -3.23. The third-order valence-corrected chi connectivity index (χ3v) is 2.07. The van der Waals surface area contributed by atoms with Gasteiger partial charge in [-0.2, -0.15) is 0 Å². The van der Waals surface area contributed by atoms with Crippen molar-refractivity contribution in [1.82, 2.24) is 0 Å². The van der Waals surface area contributed by atoms with Crippen LogP contribution in [-0.4, -0.2) is 56.7 Å². The van der Waals surface area contributed by atoms with Gasteiger partial charge in [0.05, 0.1) is 13.2 Å². The lowest BCUT2D eigenvalue weighted by Crippen LogP contribution is -2.54. The van der Waals surface area contributed by atoms with E-state index in [2.05, 4.69) is 0 Å². The fourth-order valence-corrected chi connectivity index (χ4v) is 1.13. The quantitative estimate of drug-likeness (QED) is 0.318. The highest BCUT2D eigenvalue weighted by atomic mass is 16.4. The summed E-state index contributed by atoms with van der Waals surface area (Å²) in [6, 6.07) is 0. The zero-order chi connectivity index (χ0) is 12.2. The molecule has 0 saturated heterocycles. The number of aliphatic carboxylic acids is 3. The molecule has 0 aliphatic rings. The van der Waals surface area contributed by atoms with Crippen molar-refractivity contribution in [3.8, 4) is 0 Å². The number of aliphatic hydroxyl groups excluding tert-OH is 2. The molecule has 0 rings (SSSR count). The van der Waals surface area contributed by atoms with E-state index in [4.69, 9.17) is 25.5 Å². The Hall–Kier alpha value is -1.67. The van der Waals surface area contributed by atoms with Gasteiger partial charge in [0.2, 0.25) is 0 Å². The second-order valence-electron chi connectivity index (χ2n) is 2.79. The molecule has 0 unspecified atom stereocenters. The van der Waals surface area contributed by atoms with Crippen LogP contribution < -0.4 is 0 Å². The largest absolute Gasteiger partial charge is 0.480 e. The summed E-state index contributed by atoms with van der Waals surface area (Å²) in [5, 5.41) is 43.2. The summed E-state index contributed by atoms with van der Waals surface area (Å²) in [6.07, 6.45) is 0. The zero-order valence-corrected chi connectivity index (χ0v) is 7.45. The van der Waals surface area contributed by atoms with E-state index in [0.717, 1.165) is 0 Å². The first kappa shape index (κ1) is 13.3. The molecular weight excluding hydrogens is 212 g/mol. The molecular formula is C7H10O8. The van der Waals surface area contributed by atoms with Gasteiger partial charge in [-0.05, 0) is 0 Å². The molecule has 8 nitrogen and oxygen atoms in total. The van der Waals surface area contributed by atoms with Crippen LogP contribution in [0.4, 0.5) is 0 Å². The molecule has 5 N–H and O–H groups in total. The first-order valence-corrected chi connectivity index (χ1v) is 3.77. The molecule has 0 heterocycles. The number of aliphatic hydroxyl groups is 2. The van der Waals surface area contributed by atoms with E-state index in [1.807, 2.05) is 0 Å². The number of hydrogen-bond acceptors (Lipinski definition) is 5. The third kappa shape index (κ3) is 1.90. The minimum absolute atomic E-state index is 1.07. The van der Waals surface area contributed by atoms with E-state index < -0.39 is 42.5 Å². The van der Waals surface area contributed by atoms with Crippen LogP contribution in [0.25, 0.3) is 0 Å². The third-order valence-electron chi connectivity index (χ3n) is 2.07. The van der Waals surface area contributed by atoms with E-state index in [1.54, 1.807) is 0 Å². The van der Waals surface area contributed by atoms with Crippen molar-refractivity contribution in [3.63, 3.8) is 0 Å². The van der Waals surface area contributed by atoms with Gasteiger partial charge in [-0.15, -0.1) is 0 Å². The van der Waals surface area contributed by atoms with Gasteiger partial charge in [-0.3, -0.25) is 14.4 Å². The van der Waals surface area contributed by atoms with Crippen molar-refractivity contribution >= 4 is 17.9 Å². The van der Waals surface area contributed by atoms with Crippen molar-refractivity contribution < 1.29 is 39.9 Å². The lowest BCUT2D eigenvalue weighted by Gasteiger charge is -2.26. The van der Waals surface area contributed by atoms with Gasteiger partial charge in [0.1, 0.15) is 0 Å². The van der Waals surface area contributed by atoms with Crippen LogP contribution in [0.5, 0.6) is 0 Å². The Morgan fingerprint density at radius 2 is 1.13 bits per heavy atom. The topological polar surface area (TPSA) is 152 Å². The molecule has 0 aromatic carbocycles. The van der Waals surface area contributed by atoms with Gasteiger partial charge in [0.25, 0.3) is 5.41 Å². The van der Waals surface area contributed by atoms with Crippen LogP contribution in [-0.2, 0) is 14.4 Å². The van der Waals surface area contributed by atoms with Gasteiger partial charge >= 0.3 is 17.9 Å². The maximum absolute atomic E-state index is 10.7. The molecule has 0 radical (unpaired) electrons. The summed E-state index contributed by atoms with van der Waals surface area (Å²) in [5.74, 6) is -8.24. The summed E-state index contributed by atoms with van der Waals surface area (Å²) in [6.45, 7) is -2.14. The van der Waals surface area contributed by atoms with E-state index in [0.29, 0.717) is 0 Å². The van der Waals surface area contributed by atoms with Crippen LogP contribution in [0.2, 0.25) is 0 Å². The molecule has 0 saturated carbocycles. The van der Waals surface area contributed by atoms with Crippen molar-refractivity contribution in [1.29, 1.82) is 0 Å². The maximum Gasteiger partial charge on any atom is 0.333 e. The van der Waals surface area contributed by atoms with E-state index in [-0.39, 0.29) is 0 Å². The molecule has 0 amide bonds. The van der Waals surface area contributed by atoms with Crippen LogP contribution in [0, 0.1) is 11.3 Å². The van der Waals surface area contributed by atoms with Crippen molar-refractivity contribution in [2.75, 3.05) is 13.2 Å². The monoisotopic (exact) mass is 222 g/mol. The van der Waals surface area contributed by atoms with Crippen molar-refractivity contribution in [2.24, 2.45) is 11.3 Å². The highest BCUT2D eigenvalue weighted by Gasteiger charge is 2.59. The molecule has 0 spiro atoms. The second kappa shape index (κ2) is 4.71. The Labute approximate surface area is 83.4 Å². The number of carboxylic acid groups (broad SMARTS) is 3. The molecule has 0 aliphatic heterocycles. The van der Waals surface area contributed by atoms with Gasteiger partial charge in [-0.25, -0.2) is 0 Å². The lowest BCUT2D eigenvalue weighted by molar-refractivity contribution is -0.183. The highest BCUT2D eigenvalue weighted by molar-refractivity contribution is 6.16. The molecule has 86 valence electrons. The summed E-state index contributed by atoms with van der Waals surface area (Å²) in [7, 11) is 0. The standard InChI is InChI=1S/C7H10O8/c8-1-3(2-9)7(4(10)11,5(12)13)6(14)15/h3,8-9H,1-2H2,(H,10,11)(H,12,13)(H,14,15). The molecule has 0 aromatic heterocycles. The number of carbonyl (C=O) groups is 3. The van der Waals surface area contributed by atoms with Gasteiger partial charge < -0.3 is 25.5 Å². The van der Waals surface area contributed by atoms with Gasteiger partial charge in [-0.1, -0.05) is 0 Å². The van der Waals surface area contributed by atoms with Crippen molar-refractivity contribution in [2.45, 2.75) is 0 Å². The number of hydrogen-bond donors (Lipinski definition) is 5. The van der Waals surface area contributed by atoms with Crippen LogP contribution in [0.1, 0.15) is 0 Å². The molecule has 8 heteroatoms. The Balaban J connectivity index is 5.61. The first-order chi connectivity index (χ1) is 6.85. The molecule has 0 aromatic rings. The second-order valence-corrected chi connectivity index (χ2v) is 2.79. The summed E-state index contributed by atoms with van der Waals surface area (Å²) in [5.41, 5.74) is -3.23. The maximum atomic E-state index is 10.7. The summed E-state index contributed by atoms with van der Waals surface area (Å²) in [4.78, 5) is 32.0. The fourth-order valence-electron chi connectivity index (χ4n) is 1.13. The lowest BCUT2D eigenvalue weighted by atomic mass is 9.76. The van der Waals surface area contributed by atoms with E-state index in [1.165, 1.54) is 0 Å². The molecule has 15 heavy (non-hydrogen) atoms. The number of rotatable bonds is 6. The normalized spacial score (nSPS) is 11.4. The van der Waals surface area contributed by atoms with Gasteiger partial charge in [0, 0.05) is 5.92 Å². The van der Waals surface area contributed by atoms with E-state index >= 15 is 0 Å². The fraction of sp³-hybridized carbons (Fsp3) is 0.571. The summed E-state index contributed by atoms with van der Waals surface area (Å²) < 4.78 is 0. The number of carboxylic acids is 3. The Bertz CT molecular complexity index is 243. The average Bonchev–Trinajstić information content (AvgIpc) is 2.11. The average molecular weight is 222 g/mol. The predicted molar refractivity (Wildman–Crippen MR) is 43.0 cm³/mol. The Morgan fingerprint density at radius 3 is 1.20 bits per heavy atom. The SMILES string of the molecule is O=C(O)C(C(=O)O)(C(=O)O)C(CO)CO. The summed E-state index contributed by atoms with van der Waals surface area (Å²) >= 11 is 0. The van der Waals surface area contributed by atoms with Crippen LogP contribution in [0.15, 0.2) is 0 Å². The molecule has 0 atom stereocenters. The highest BCUT2D eigenvalue weighted by Crippen LogP contribution is 2.29. The predicted octanol–water partition coefficient (Wildman–Crippen LogP) is -2.17. The zero-order valence-electron chi connectivity index (χ0n) is 7.45.